The van der Waals surface area contributed by atoms with Crippen molar-refractivity contribution in [1.82, 2.24) is 4.90 Å². The van der Waals surface area contributed by atoms with Crippen molar-refractivity contribution in [3.63, 3.8) is 0 Å². The minimum Gasteiger partial charge on any atom is -0.491 e. The van der Waals surface area contributed by atoms with Crippen LogP contribution in [0.15, 0.2) is 24.3 Å². The largest absolute Gasteiger partial charge is 0.491 e. The van der Waals surface area contributed by atoms with Crippen LogP contribution in [-0.2, 0) is 6.54 Å². The number of ether oxygens (including phenoxy) is 1. The molecule has 0 spiro atoms. The second-order valence-electron chi connectivity index (χ2n) is 4.76. The molecule has 3 nitrogen and oxygen atoms in total. The van der Waals surface area contributed by atoms with Gasteiger partial charge < -0.3 is 10.5 Å². The number of nitrogens with two attached hydrogens (primary N) is 1. The van der Waals surface area contributed by atoms with Crippen molar-refractivity contribution >= 4 is 0 Å². The van der Waals surface area contributed by atoms with Gasteiger partial charge >= 0.3 is 0 Å². The lowest BCUT2D eigenvalue weighted by molar-refractivity contribution is 0.142. The van der Waals surface area contributed by atoms with Gasteiger partial charge in [-0.25, -0.2) is 0 Å². The van der Waals surface area contributed by atoms with E-state index in [1.54, 1.807) is 0 Å². The molecular weight excluding hydrogens is 200 g/mol. The van der Waals surface area contributed by atoms with Crippen molar-refractivity contribution < 1.29 is 4.74 Å². The highest BCUT2D eigenvalue weighted by atomic mass is 16.5. The fourth-order valence-corrected chi connectivity index (χ4v) is 1.94. The molecule has 0 aromatic heterocycles. The van der Waals surface area contributed by atoms with E-state index in [-0.39, 0.29) is 6.10 Å². The summed E-state index contributed by atoms with van der Waals surface area (Å²) in [6.45, 7) is 7.11. The fourth-order valence-electron chi connectivity index (χ4n) is 1.94. The van der Waals surface area contributed by atoms with Gasteiger partial charge in [-0.05, 0) is 31.5 Å². The molecule has 1 aliphatic rings. The van der Waals surface area contributed by atoms with Crippen LogP contribution < -0.4 is 10.5 Å². The van der Waals surface area contributed by atoms with Crippen LogP contribution in [0.2, 0.25) is 0 Å². The molecule has 0 radical (unpaired) electrons. The molecule has 2 N–H and O–H groups in total. The van der Waals surface area contributed by atoms with Crippen LogP contribution in [0.25, 0.3) is 0 Å². The SMILES string of the molecule is CC(C)Oc1ccc(CN2CC(N)C2)cc1. The monoisotopic (exact) mass is 220 g/mol. The van der Waals surface area contributed by atoms with E-state index < -0.39 is 0 Å². The third kappa shape index (κ3) is 2.97. The minimum absolute atomic E-state index is 0.235. The maximum Gasteiger partial charge on any atom is 0.119 e. The van der Waals surface area contributed by atoms with Gasteiger partial charge in [-0.1, -0.05) is 12.1 Å². The molecule has 1 fully saturated rings. The van der Waals surface area contributed by atoms with Crippen LogP contribution in [0.4, 0.5) is 0 Å². The molecule has 0 amide bonds. The maximum absolute atomic E-state index is 5.74. The number of hydrogen-bond donors (Lipinski definition) is 1. The Labute approximate surface area is 97.2 Å². The van der Waals surface area contributed by atoms with E-state index in [4.69, 9.17) is 10.5 Å². The third-order valence-electron chi connectivity index (χ3n) is 2.69. The Balaban J connectivity index is 1.87. The highest BCUT2D eigenvalue weighted by Crippen LogP contribution is 2.17. The number of hydrogen-bond acceptors (Lipinski definition) is 3. The maximum atomic E-state index is 5.74. The molecule has 1 aromatic rings. The van der Waals surface area contributed by atoms with Crippen LogP contribution in [0.5, 0.6) is 5.75 Å². The standard InChI is InChI=1S/C13H20N2O/c1-10(2)16-13-5-3-11(4-6-13)7-15-8-12(14)9-15/h3-6,10,12H,7-9,14H2,1-2H3. The summed E-state index contributed by atoms with van der Waals surface area (Å²) in [4.78, 5) is 2.35. The average Bonchev–Trinajstić information content (AvgIpc) is 2.18. The van der Waals surface area contributed by atoms with Gasteiger partial charge in [0.25, 0.3) is 0 Å². The van der Waals surface area contributed by atoms with Crippen molar-refractivity contribution in [2.75, 3.05) is 13.1 Å². The molecule has 1 aromatic carbocycles. The van der Waals surface area contributed by atoms with E-state index in [2.05, 4.69) is 17.0 Å². The highest BCUT2D eigenvalue weighted by molar-refractivity contribution is 5.27. The predicted octanol–water partition coefficient (Wildman–Crippen LogP) is 1.62. The second-order valence-corrected chi connectivity index (χ2v) is 4.76. The Morgan fingerprint density at radius 1 is 1.31 bits per heavy atom. The van der Waals surface area contributed by atoms with E-state index in [0.29, 0.717) is 6.04 Å². The number of benzene rings is 1. The van der Waals surface area contributed by atoms with Gasteiger partial charge in [0.05, 0.1) is 6.10 Å². The van der Waals surface area contributed by atoms with E-state index in [0.717, 1.165) is 25.4 Å². The molecular formula is C13H20N2O. The minimum atomic E-state index is 0.235. The lowest BCUT2D eigenvalue weighted by Crippen LogP contribution is -2.54. The van der Waals surface area contributed by atoms with Crippen LogP contribution in [0, 0.1) is 0 Å². The normalized spacial score (nSPS) is 17.5. The van der Waals surface area contributed by atoms with Gasteiger partial charge in [0.1, 0.15) is 5.75 Å². The van der Waals surface area contributed by atoms with E-state index in [1.165, 1.54) is 5.56 Å². The average molecular weight is 220 g/mol. The zero-order valence-corrected chi connectivity index (χ0v) is 10.0. The number of likely N-dealkylation sites (tertiary alicyclic amines) is 1. The molecule has 0 bridgehead atoms. The van der Waals surface area contributed by atoms with Crippen molar-refractivity contribution in [2.45, 2.75) is 32.5 Å². The lowest BCUT2D eigenvalue weighted by Gasteiger charge is -2.36. The highest BCUT2D eigenvalue weighted by Gasteiger charge is 2.22. The summed E-state index contributed by atoms with van der Waals surface area (Å²) in [5.74, 6) is 0.944. The van der Waals surface area contributed by atoms with Crippen molar-refractivity contribution in [3.8, 4) is 5.75 Å². The Morgan fingerprint density at radius 2 is 1.94 bits per heavy atom. The fraction of sp³-hybridized carbons (Fsp3) is 0.538. The molecule has 1 aliphatic heterocycles. The van der Waals surface area contributed by atoms with Gasteiger partial charge in [-0.15, -0.1) is 0 Å². The second kappa shape index (κ2) is 4.85. The third-order valence-corrected chi connectivity index (χ3v) is 2.69. The summed E-state index contributed by atoms with van der Waals surface area (Å²) in [7, 11) is 0. The summed E-state index contributed by atoms with van der Waals surface area (Å²) in [6.07, 6.45) is 0.235. The summed E-state index contributed by atoms with van der Waals surface area (Å²) >= 11 is 0. The molecule has 0 atom stereocenters. The van der Waals surface area contributed by atoms with Gasteiger partial charge in [0.15, 0.2) is 0 Å². The number of rotatable bonds is 4. The molecule has 0 saturated carbocycles. The van der Waals surface area contributed by atoms with Crippen LogP contribution >= 0.6 is 0 Å². The van der Waals surface area contributed by atoms with Crippen molar-refractivity contribution in [3.05, 3.63) is 29.8 Å². The Bertz CT molecular complexity index is 328. The molecule has 0 aliphatic carbocycles. The Morgan fingerprint density at radius 3 is 2.44 bits per heavy atom. The van der Waals surface area contributed by atoms with Crippen molar-refractivity contribution in [1.29, 1.82) is 0 Å². The van der Waals surface area contributed by atoms with Gasteiger partial charge in [0.2, 0.25) is 0 Å². The summed E-state index contributed by atoms with van der Waals surface area (Å²) in [5.41, 5.74) is 7.06. The first-order valence-electron chi connectivity index (χ1n) is 5.87. The van der Waals surface area contributed by atoms with Gasteiger partial charge in [-0.2, -0.15) is 0 Å². The quantitative estimate of drug-likeness (QED) is 0.838. The zero-order chi connectivity index (χ0) is 11.5. The Hall–Kier alpha value is -1.06. The molecule has 1 saturated heterocycles. The Kier molecular flexibility index (Phi) is 3.46. The van der Waals surface area contributed by atoms with Crippen LogP contribution in [0.1, 0.15) is 19.4 Å². The van der Waals surface area contributed by atoms with Crippen molar-refractivity contribution in [2.24, 2.45) is 5.73 Å². The lowest BCUT2D eigenvalue weighted by atomic mass is 10.1. The first-order valence-corrected chi connectivity index (χ1v) is 5.87. The van der Waals surface area contributed by atoms with Crippen LogP contribution in [0.3, 0.4) is 0 Å². The zero-order valence-electron chi connectivity index (χ0n) is 10.0. The molecule has 2 rings (SSSR count). The molecule has 16 heavy (non-hydrogen) atoms. The van der Waals surface area contributed by atoms with E-state index >= 15 is 0 Å². The van der Waals surface area contributed by atoms with Crippen LogP contribution in [-0.4, -0.2) is 30.1 Å². The predicted molar refractivity (Wildman–Crippen MR) is 65.5 cm³/mol. The smallest absolute Gasteiger partial charge is 0.119 e. The van der Waals surface area contributed by atoms with E-state index in [9.17, 15) is 0 Å². The summed E-state index contributed by atoms with van der Waals surface area (Å²) in [6, 6.07) is 8.70. The summed E-state index contributed by atoms with van der Waals surface area (Å²) in [5, 5.41) is 0. The first-order chi connectivity index (χ1) is 7.63. The van der Waals surface area contributed by atoms with E-state index in [1.807, 2.05) is 26.0 Å². The van der Waals surface area contributed by atoms with Gasteiger partial charge in [0, 0.05) is 25.7 Å². The molecule has 88 valence electrons. The summed E-state index contributed by atoms with van der Waals surface area (Å²) < 4.78 is 5.60. The molecule has 0 unspecified atom stereocenters. The molecule has 3 heteroatoms. The first kappa shape index (κ1) is 11.4. The molecule has 1 heterocycles. The topological polar surface area (TPSA) is 38.5 Å². The number of nitrogens with zero attached hydrogens (tertiary/aromatic N) is 1. The van der Waals surface area contributed by atoms with Gasteiger partial charge in [-0.3, -0.25) is 4.90 Å².